The molecule has 7 heteroatoms. The summed E-state index contributed by atoms with van der Waals surface area (Å²) in [4.78, 5) is 23.0. The maximum atomic E-state index is 11.5. The van der Waals surface area contributed by atoms with Crippen molar-refractivity contribution >= 4 is 30.0 Å². The summed E-state index contributed by atoms with van der Waals surface area (Å²) in [7, 11) is 0. The first-order valence-electron chi connectivity index (χ1n) is 7.14. The summed E-state index contributed by atoms with van der Waals surface area (Å²) in [5, 5.41) is 8.32. The molecule has 5 N–H and O–H groups in total. The van der Waals surface area contributed by atoms with Gasteiger partial charge in [0.1, 0.15) is 0 Å². The van der Waals surface area contributed by atoms with Crippen LogP contribution in [0.5, 0.6) is 0 Å². The Morgan fingerprint density at radius 1 is 1.18 bits per heavy atom. The summed E-state index contributed by atoms with van der Waals surface area (Å²) in [6, 6.07) is 7.21. The van der Waals surface area contributed by atoms with Gasteiger partial charge < -0.3 is 21.7 Å². The van der Waals surface area contributed by atoms with Gasteiger partial charge in [-0.3, -0.25) is 4.79 Å². The van der Waals surface area contributed by atoms with Gasteiger partial charge in [-0.15, -0.1) is 12.4 Å². The Hall–Kier alpha value is -1.79. The molecule has 0 aliphatic heterocycles. The molecule has 0 fully saturated rings. The molecular weight excluding hydrogens is 304 g/mol. The number of amides is 3. The van der Waals surface area contributed by atoms with Crippen LogP contribution >= 0.6 is 12.4 Å². The zero-order chi connectivity index (χ0) is 15.7. The molecule has 0 unspecified atom stereocenters. The van der Waals surface area contributed by atoms with Crippen molar-refractivity contribution in [3.05, 3.63) is 29.8 Å². The topological polar surface area (TPSA) is 96.2 Å². The molecule has 1 aromatic rings. The van der Waals surface area contributed by atoms with Crippen molar-refractivity contribution in [1.82, 2.24) is 10.6 Å². The number of hydrogen-bond acceptors (Lipinski definition) is 3. The average molecular weight is 329 g/mol. The van der Waals surface area contributed by atoms with Crippen molar-refractivity contribution in [2.24, 2.45) is 5.73 Å². The van der Waals surface area contributed by atoms with E-state index in [9.17, 15) is 9.59 Å². The minimum atomic E-state index is -0.229. The van der Waals surface area contributed by atoms with Crippen LogP contribution in [0.1, 0.15) is 32.3 Å². The zero-order valence-corrected chi connectivity index (χ0v) is 13.8. The SMILES string of the molecule is CC(C)NC(=O)Nc1ccc(CNC(=O)CCCN)cc1.Cl. The number of carbonyl (C=O) groups is 2. The van der Waals surface area contributed by atoms with Gasteiger partial charge in [-0.1, -0.05) is 12.1 Å². The summed E-state index contributed by atoms with van der Waals surface area (Å²) in [6.45, 7) is 4.79. The second-order valence-electron chi connectivity index (χ2n) is 5.12. The van der Waals surface area contributed by atoms with Crippen LogP contribution < -0.4 is 21.7 Å². The van der Waals surface area contributed by atoms with Gasteiger partial charge in [-0.25, -0.2) is 4.79 Å². The molecule has 6 nitrogen and oxygen atoms in total. The van der Waals surface area contributed by atoms with Gasteiger partial charge >= 0.3 is 6.03 Å². The van der Waals surface area contributed by atoms with E-state index in [-0.39, 0.29) is 30.4 Å². The fraction of sp³-hybridized carbons (Fsp3) is 0.467. The summed E-state index contributed by atoms with van der Waals surface area (Å²) in [6.07, 6.45) is 1.14. The standard InChI is InChI=1S/C15H24N4O2.ClH/c1-11(2)18-15(21)19-13-7-5-12(6-8-13)10-17-14(20)4-3-9-16;/h5-8,11H,3-4,9-10,16H2,1-2H3,(H,17,20)(H2,18,19,21);1H. The fourth-order valence-corrected chi connectivity index (χ4v) is 1.69. The van der Waals surface area contributed by atoms with Crippen LogP contribution in [0.15, 0.2) is 24.3 Å². The molecular formula is C15H25ClN4O2. The van der Waals surface area contributed by atoms with Crippen LogP contribution in [-0.2, 0) is 11.3 Å². The van der Waals surface area contributed by atoms with Crippen LogP contribution in [0, 0.1) is 0 Å². The summed E-state index contributed by atoms with van der Waals surface area (Å²) < 4.78 is 0. The number of urea groups is 1. The van der Waals surface area contributed by atoms with Gasteiger partial charge in [-0.2, -0.15) is 0 Å². The van der Waals surface area contributed by atoms with Gasteiger partial charge in [0.25, 0.3) is 0 Å². The monoisotopic (exact) mass is 328 g/mol. The van der Waals surface area contributed by atoms with E-state index in [1.54, 1.807) is 12.1 Å². The van der Waals surface area contributed by atoms with E-state index in [1.165, 1.54) is 0 Å². The minimum absolute atomic E-state index is 0. The number of carbonyl (C=O) groups excluding carboxylic acids is 2. The maximum Gasteiger partial charge on any atom is 0.319 e. The summed E-state index contributed by atoms with van der Waals surface area (Å²) in [5.74, 6) is -0.000960. The maximum absolute atomic E-state index is 11.5. The molecule has 0 bridgehead atoms. The third kappa shape index (κ3) is 8.49. The molecule has 0 saturated heterocycles. The Morgan fingerprint density at radius 3 is 2.36 bits per heavy atom. The Balaban J connectivity index is 0.00000441. The molecule has 0 aromatic heterocycles. The van der Waals surface area contributed by atoms with E-state index < -0.39 is 0 Å². The Morgan fingerprint density at radius 2 is 1.82 bits per heavy atom. The van der Waals surface area contributed by atoms with Crippen molar-refractivity contribution in [3.63, 3.8) is 0 Å². The third-order valence-corrected chi connectivity index (χ3v) is 2.73. The Kier molecular flexibility index (Phi) is 9.98. The number of anilines is 1. The highest BCUT2D eigenvalue weighted by atomic mass is 35.5. The van der Waals surface area contributed by atoms with Crippen molar-refractivity contribution in [3.8, 4) is 0 Å². The molecule has 0 heterocycles. The van der Waals surface area contributed by atoms with Crippen LogP contribution in [-0.4, -0.2) is 24.5 Å². The Labute approximate surface area is 137 Å². The number of benzene rings is 1. The second-order valence-corrected chi connectivity index (χ2v) is 5.12. The number of rotatable bonds is 7. The summed E-state index contributed by atoms with van der Waals surface area (Å²) in [5.41, 5.74) is 7.04. The minimum Gasteiger partial charge on any atom is -0.352 e. The lowest BCUT2D eigenvalue weighted by molar-refractivity contribution is -0.121. The Bertz CT molecular complexity index is 463. The highest BCUT2D eigenvalue weighted by Gasteiger charge is 2.04. The van der Waals surface area contributed by atoms with Crippen LogP contribution in [0.4, 0.5) is 10.5 Å². The molecule has 0 aliphatic carbocycles. The second kappa shape index (κ2) is 10.9. The molecule has 0 spiro atoms. The molecule has 0 atom stereocenters. The first-order chi connectivity index (χ1) is 10.0. The van der Waals surface area contributed by atoms with Gasteiger partial charge in [0.2, 0.25) is 5.91 Å². The van der Waals surface area contributed by atoms with E-state index in [0.717, 1.165) is 5.56 Å². The average Bonchev–Trinajstić information content (AvgIpc) is 2.43. The molecule has 1 aromatic carbocycles. The number of nitrogens with two attached hydrogens (primary N) is 1. The lowest BCUT2D eigenvalue weighted by atomic mass is 10.2. The van der Waals surface area contributed by atoms with Crippen LogP contribution in [0.25, 0.3) is 0 Å². The predicted molar refractivity (Wildman–Crippen MR) is 91.1 cm³/mol. The van der Waals surface area contributed by atoms with E-state index in [2.05, 4.69) is 16.0 Å². The number of hydrogen-bond donors (Lipinski definition) is 4. The van der Waals surface area contributed by atoms with E-state index in [4.69, 9.17) is 5.73 Å². The van der Waals surface area contributed by atoms with Crippen molar-refractivity contribution in [2.75, 3.05) is 11.9 Å². The smallest absolute Gasteiger partial charge is 0.319 e. The molecule has 0 saturated carbocycles. The normalized spacial score (nSPS) is 9.82. The highest BCUT2D eigenvalue weighted by molar-refractivity contribution is 5.89. The fourth-order valence-electron chi connectivity index (χ4n) is 1.69. The van der Waals surface area contributed by atoms with E-state index in [0.29, 0.717) is 31.6 Å². The van der Waals surface area contributed by atoms with E-state index in [1.807, 2.05) is 26.0 Å². The van der Waals surface area contributed by atoms with Crippen molar-refractivity contribution in [1.29, 1.82) is 0 Å². The van der Waals surface area contributed by atoms with E-state index >= 15 is 0 Å². The van der Waals surface area contributed by atoms with Crippen LogP contribution in [0.2, 0.25) is 0 Å². The number of halogens is 1. The van der Waals surface area contributed by atoms with Crippen molar-refractivity contribution in [2.45, 2.75) is 39.3 Å². The predicted octanol–water partition coefficient (Wildman–Crippen LogP) is 1.99. The quantitative estimate of drug-likeness (QED) is 0.616. The zero-order valence-electron chi connectivity index (χ0n) is 13.0. The summed E-state index contributed by atoms with van der Waals surface area (Å²) >= 11 is 0. The van der Waals surface area contributed by atoms with Gasteiger partial charge in [0, 0.05) is 24.7 Å². The third-order valence-electron chi connectivity index (χ3n) is 2.73. The lowest BCUT2D eigenvalue weighted by Crippen LogP contribution is -2.34. The van der Waals surface area contributed by atoms with Gasteiger partial charge in [0.15, 0.2) is 0 Å². The molecule has 124 valence electrons. The molecule has 1 rings (SSSR count). The molecule has 0 aliphatic rings. The largest absolute Gasteiger partial charge is 0.352 e. The molecule has 3 amide bonds. The molecule has 0 radical (unpaired) electrons. The lowest BCUT2D eigenvalue weighted by Gasteiger charge is -2.10. The van der Waals surface area contributed by atoms with Crippen LogP contribution in [0.3, 0.4) is 0 Å². The number of nitrogens with one attached hydrogen (secondary N) is 3. The first-order valence-corrected chi connectivity index (χ1v) is 7.14. The molecule has 22 heavy (non-hydrogen) atoms. The van der Waals surface area contributed by atoms with Gasteiger partial charge in [0.05, 0.1) is 0 Å². The first kappa shape index (κ1) is 20.2. The van der Waals surface area contributed by atoms with Crippen molar-refractivity contribution < 1.29 is 9.59 Å². The highest BCUT2D eigenvalue weighted by Crippen LogP contribution is 2.09. The van der Waals surface area contributed by atoms with Gasteiger partial charge in [-0.05, 0) is 44.5 Å².